The van der Waals surface area contributed by atoms with Crippen molar-refractivity contribution in [2.24, 2.45) is 5.92 Å². The Hall–Kier alpha value is -1.03. The van der Waals surface area contributed by atoms with Gasteiger partial charge in [-0.1, -0.05) is 18.2 Å². The van der Waals surface area contributed by atoms with Crippen LogP contribution in [0.3, 0.4) is 0 Å². The number of esters is 2. The van der Waals surface area contributed by atoms with Crippen LogP contribution in [0, 0.1) is 5.92 Å². The molecule has 0 unspecified atom stereocenters. The van der Waals surface area contributed by atoms with Crippen LogP contribution in [0.15, 0.2) is 11.6 Å². The molecule has 0 aromatic carbocycles. The van der Waals surface area contributed by atoms with Gasteiger partial charge in [-0.15, -0.1) is 0 Å². The molecule has 0 saturated heterocycles. The lowest BCUT2D eigenvalue weighted by molar-refractivity contribution is -0.158. The molecule has 0 aliphatic heterocycles. The summed E-state index contributed by atoms with van der Waals surface area (Å²) in [6, 6.07) is 0. The topological polar surface area (TPSA) is 52.6 Å². The molecule has 0 aliphatic carbocycles. The van der Waals surface area contributed by atoms with Crippen molar-refractivity contribution in [3.63, 3.8) is 0 Å². The highest BCUT2D eigenvalue weighted by atomic mass is 35.5. The largest absolute Gasteiger partial charge is 0.468 e. The molecule has 0 N–H and O–H groups in total. The van der Waals surface area contributed by atoms with E-state index in [0.29, 0.717) is 0 Å². The molecule has 0 fully saturated rings. The van der Waals surface area contributed by atoms with Crippen LogP contribution < -0.4 is 0 Å². The summed E-state index contributed by atoms with van der Waals surface area (Å²) in [5.41, 5.74) is 0. The van der Waals surface area contributed by atoms with Gasteiger partial charge in [-0.3, -0.25) is 9.59 Å². The number of allylic oxidation sites excluding steroid dienone is 1. The summed E-state index contributed by atoms with van der Waals surface area (Å²) in [5.74, 6) is -2.36. The summed E-state index contributed by atoms with van der Waals surface area (Å²) >= 11 is 5.46. The second-order valence-corrected chi connectivity index (χ2v) is 2.85. The average molecular weight is 207 g/mol. The molecule has 0 heterocycles. The van der Waals surface area contributed by atoms with E-state index >= 15 is 0 Å². The van der Waals surface area contributed by atoms with Gasteiger partial charge in [0.1, 0.15) is 0 Å². The molecule has 0 aromatic rings. The van der Waals surface area contributed by atoms with Crippen molar-refractivity contribution in [3.8, 4) is 0 Å². The van der Waals surface area contributed by atoms with Crippen molar-refractivity contribution in [1.29, 1.82) is 0 Å². The van der Waals surface area contributed by atoms with E-state index < -0.39 is 17.9 Å². The lowest BCUT2D eigenvalue weighted by atomic mass is 10.1. The minimum absolute atomic E-state index is 0.0287. The maximum absolute atomic E-state index is 11.0. The molecule has 0 aromatic heterocycles. The first kappa shape index (κ1) is 12.0. The van der Waals surface area contributed by atoms with Crippen molar-refractivity contribution < 1.29 is 19.1 Å². The zero-order chi connectivity index (χ0) is 10.4. The number of carbonyl (C=O) groups excluding carboxylic acids is 2. The molecule has 0 amide bonds. The smallest absolute Gasteiger partial charge is 0.320 e. The van der Waals surface area contributed by atoms with Crippen molar-refractivity contribution in [2.45, 2.75) is 6.42 Å². The van der Waals surface area contributed by atoms with E-state index in [1.54, 1.807) is 0 Å². The fraction of sp³-hybridized carbons (Fsp3) is 0.500. The van der Waals surface area contributed by atoms with Crippen molar-refractivity contribution in [1.82, 2.24) is 0 Å². The standard InChI is InChI=1S/C8H11ClO4/c1-5(9)4-6(7(10)12-2)8(11)13-3/h6H,1,4H2,2-3H3. The van der Waals surface area contributed by atoms with Crippen molar-refractivity contribution >= 4 is 23.5 Å². The van der Waals surface area contributed by atoms with E-state index in [0.717, 1.165) is 0 Å². The van der Waals surface area contributed by atoms with Crippen LogP contribution in [0.25, 0.3) is 0 Å². The Balaban J connectivity index is 4.45. The monoisotopic (exact) mass is 206 g/mol. The van der Waals surface area contributed by atoms with E-state index in [4.69, 9.17) is 11.6 Å². The lowest BCUT2D eigenvalue weighted by Gasteiger charge is -2.10. The van der Waals surface area contributed by atoms with Crippen LogP contribution in [0.4, 0.5) is 0 Å². The predicted octanol–water partition coefficient (Wildman–Crippen LogP) is 1.09. The third-order valence-electron chi connectivity index (χ3n) is 1.40. The highest BCUT2D eigenvalue weighted by molar-refractivity contribution is 6.29. The fourth-order valence-electron chi connectivity index (χ4n) is 0.769. The Kier molecular flexibility index (Phi) is 5.14. The maximum atomic E-state index is 11.0. The fourth-order valence-corrected chi connectivity index (χ4v) is 0.923. The molecule has 0 atom stereocenters. The van der Waals surface area contributed by atoms with Crippen LogP contribution in [0.2, 0.25) is 0 Å². The second-order valence-electron chi connectivity index (χ2n) is 2.32. The zero-order valence-corrected chi connectivity index (χ0v) is 8.26. The summed E-state index contributed by atoms with van der Waals surface area (Å²) < 4.78 is 8.79. The molecular weight excluding hydrogens is 196 g/mol. The Labute approximate surface area is 81.5 Å². The van der Waals surface area contributed by atoms with Gasteiger partial charge in [0.2, 0.25) is 0 Å². The summed E-state index contributed by atoms with van der Waals surface area (Å²) in [4.78, 5) is 22.1. The average Bonchev–Trinajstić information content (AvgIpc) is 2.11. The molecule has 0 bridgehead atoms. The molecule has 0 aliphatic rings. The molecule has 13 heavy (non-hydrogen) atoms. The SMILES string of the molecule is C=C(Cl)CC(C(=O)OC)C(=O)OC. The van der Waals surface area contributed by atoms with Gasteiger partial charge >= 0.3 is 11.9 Å². The van der Waals surface area contributed by atoms with Gasteiger partial charge < -0.3 is 9.47 Å². The van der Waals surface area contributed by atoms with Crippen LogP contribution in [0.1, 0.15) is 6.42 Å². The normalized spacial score (nSPS) is 9.54. The van der Waals surface area contributed by atoms with Gasteiger partial charge in [0, 0.05) is 11.5 Å². The Morgan fingerprint density at radius 1 is 1.31 bits per heavy atom. The highest BCUT2D eigenvalue weighted by Gasteiger charge is 2.28. The van der Waals surface area contributed by atoms with E-state index in [1.807, 2.05) is 0 Å². The Morgan fingerprint density at radius 2 is 1.69 bits per heavy atom. The minimum Gasteiger partial charge on any atom is -0.468 e. The first-order valence-corrected chi connectivity index (χ1v) is 3.89. The highest BCUT2D eigenvalue weighted by Crippen LogP contribution is 2.16. The minimum atomic E-state index is -1.01. The van der Waals surface area contributed by atoms with Gasteiger partial charge in [-0.05, 0) is 0 Å². The molecular formula is C8H11ClO4. The third kappa shape index (κ3) is 3.94. The van der Waals surface area contributed by atoms with Gasteiger partial charge in [-0.25, -0.2) is 0 Å². The summed E-state index contributed by atoms with van der Waals surface area (Å²) in [6.45, 7) is 3.38. The predicted molar refractivity (Wildman–Crippen MR) is 47.1 cm³/mol. The molecule has 4 nitrogen and oxygen atoms in total. The first-order chi connectivity index (χ1) is 6.02. The molecule has 5 heteroatoms. The summed E-state index contributed by atoms with van der Waals surface area (Å²) in [6.07, 6.45) is 0.0287. The van der Waals surface area contributed by atoms with Crippen LogP contribution in [-0.2, 0) is 19.1 Å². The summed E-state index contributed by atoms with van der Waals surface area (Å²) in [7, 11) is 2.38. The van der Waals surface area contributed by atoms with Crippen LogP contribution in [0.5, 0.6) is 0 Å². The third-order valence-corrected chi connectivity index (χ3v) is 1.55. The Morgan fingerprint density at radius 3 is 1.92 bits per heavy atom. The van der Waals surface area contributed by atoms with E-state index in [1.165, 1.54) is 14.2 Å². The number of carbonyl (C=O) groups is 2. The maximum Gasteiger partial charge on any atom is 0.320 e. The van der Waals surface area contributed by atoms with Gasteiger partial charge in [0.05, 0.1) is 14.2 Å². The first-order valence-electron chi connectivity index (χ1n) is 3.51. The molecule has 0 saturated carbocycles. The van der Waals surface area contributed by atoms with E-state index in [-0.39, 0.29) is 11.5 Å². The number of ether oxygens (including phenoxy) is 2. The lowest BCUT2D eigenvalue weighted by Crippen LogP contribution is -2.26. The molecule has 0 rings (SSSR count). The van der Waals surface area contributed by atoms with Crippen molar-refractivity contribution in [3.05, 3.63) is 11.6 Å². The zero-order valence-electron chi connectivity index (χ0n) is 7.50. The van der Waals surface area contributed by atoms with Gasteiger partial charge in [0.25, 0.3) is 0 Å². The van der Waals surface area contributed by atoms with E-state index in [9.17, 15) is 9.59 Å². The number of hydrogen-bond donors (Lipinski definition) is 0. The number of methoxy groups -OCH3 is 2. The van der Waals surface area contributed by atoms with Crippen LogP contribution in [-0.4, -0.2) is 26.2 Å². The van der Waals surface area contributed by atoms with E-state index in [2.05, 4.69) is 16.1 Å². The number of halogens is 1. The Bertz CT molecular complexity index is 208. The van der Waals surface area contributed by atoms with Crippen LogP contribution >= 0.6 is 11.6 Å². The quantitative estimate of drug-likeness (QED) is 0.511. The number of rotatable bonds is 4. The summed E-state index contributed by atoms with van der Waals surface area (Å²) in [5, 5.41) is 0.209. The van der Waals surface area contributed by atoms with Gasteiger partial charge in [0.15, 0.2) is 5.92 Å². The molecule has 0 spiro atoms. The second kappa shape index (κ2) is 5.59. The molecule has 74 valence electrons. The molecule has 0 radical (unpaired) electrons. The van der Waals surface area contributed by atoms with Gasteiger partial charge in [-0.2, -0.15) is 0 Å². The number of hydrogen-bond acceptors (Lipinski definition) is 4. The van der Waals surface area contributed by atoms with Crippen molar-refractivity contribution in [2.75, 3.05) is 14.2 Å².